The molecule has 2 atom stereocenters. The molecule has 0 spiro atoms. The Hall–Kier alpha value is -3.28. The molecule has 2 aromatic rings. The van der Waals surface area contributed by atoms with E-state index < -0.39 is 6.04 Å². The number of hydrogen-bond acceptors (Lipinski definition) is 4. The largest absolute Gasteiger partial charge is 0.497 e. The maximum absolute atomic E-state index is 12.5. The SMILES string of the molecule is CCC(NC(=O)C(C)NC(=O)/C=C/c1ccc(OC)cc1)c1ccc(OC)cc1. The van der Waals surface area contributed by atoms with Crippen LogP contribution in [0.1, 0.15) is 37.4 Å². The third-order valence-corrected chi connectivity index (χ3v) is 4.54. The lowest BCUT2D eigenvalue weighted by Gasteiger charge is -2.21. The normalized spacial score (nSPS) is 12.8. The van der Waals surface area contributed by atoms with Crippen molar-refractivity contribution in [2.75, 3.05) is 14.2 Å². The Labute approximate surface area is 171 Å². The fourth-order valence-electron chi connectivity index (χ4n) is 2.77. The molecule has 2 amide bonds. The van der Waals surface area contributed by atoms with Gasteiger partial charge in [0.15, 0.2) is 0 Å². The van der Waals surface area contributed by atoms with Crippen molar-refractivity contribution >= 4 is 17.9 Å². The number of carbonyl (C=O) groups is 2. The van der Waals surface area contributed by atoms with E-state index >= 15 is 0 Å². The van der Waals surface area contributed by atoms with Gasteiger partial charge in [0, 0.05) is 6.08 Å². The average Bonchev–Trinajstić information content (AvgIpc) is 2.76. The van der Waals surface area contributed by atoms with Crippen LogP contribution in [0.15, 0.2) is 54.6 Å². The first kappa shape index (κ1) is 22.0. The minimum Gasteiger partial charge on any atom is -0.497 e. The Morgan fingerprint density at radius 1 is 0.931 bits per heavy atom. The van der Waals surface area contributed by atoms with Gasteiger partial charge in [0.2, 0.25) is 11.8 Å². The third kappa shape index (κ3) is 6.68. The van der Waals surface area contributed by atoms with E-state index in [1.807, 2.05) is 55.5 Å². The lowest BCUT2D eigenvalue weighted by molar-refractivity contribution is -0.127. The number of rotatable bonds is 9. The molecule has 0 aliphatic heterocycles. The summed E-state index contributed by atoms with van der Waals surface area (Å²) < 4.78 is 10.3. The molecule has 29 heavy (non-hydrogen) atoms. The van der Waals surface area contributed by atoms with Crippen molar-refractivity contribution in [3.05, 3.63) is 65.7 Å². The van der Waals surface area contributed by atoms with E-state index in [2.05, 4.69) is 10.6 Å². The highest BCUT2D eigenvalue weighted by Crippen LogP contribution is 2.20. The lowest BCUT2D eigenvalue weighted by Crippen LogP contribution is -2.45. The molecule has 0 radical (unpaired) electrons. The number of carbonyl (C=O) groups excluding carboxylic acids is 2. The van der Waals surface area contributed by atoms with Crippen LogP contribution in [0.2, 0.25) is 0 Å². The molecule has 0 fully saturated rings. The molecule has 2 unspecified atom stereocenters. The maximum Gasteiger partial charge on any atom is 0.244 e. The molecule has 0 bridgehead atoms. The van der Waals surface area contributed by atoms with Crippen molar-refractivity contribution in [3.63, 3.8) is 0 Å². The Morgan fingerprint density at radius 2 is 1.48 bits per heavy atom. The van der Waals surface area contributed by atoms with E-state index in [0.29, 0.717) is 0 Å². The predicted octanol–water partition coefficient (Wildman–Crippen LogP) is 3.49. The van der Waals surface area contributed by atoms with Crippen molar-refractivity contribution in [2.24, 2.45) is 0 Å². The van der Waals surface area contributed by atoms with Crippen molar-refractivity contribution in [2.45, 2.75) is 32.4 Å². The zero-order valence-corrected chi connectivity index (χ0v) is 17.3. The predicted molar refractivity (Wildman–Crippen MR) is 114 cm³/mol. The van der Waals surface area contributed by atoms with Crippen LogP contribution in [-0.4, -0.2) is 32.1 Å². The molecular weight excluding hydrogens is 368 g/mol. The van der Waals surface area contributed by atoms with Crippen molar-refractivity contribution in [3.8, 4) is 11.5 Å². The first-order valence-electron chi connectivity index (χ1n) is 9.53. The van der Waals surface area contributed by atoms with E-state index in [0.717, 1.165) is 29.0 Å². The number of methoxy groups -OCH3 is 2. The highest BCUT2D eigenvalue weighted by atomic mass is 16.5. The lowest BCUT2D eigenvalue weighted by atomic mass is 10.0. The van der Waals surface area contributed by atoms with Gasteiger partial charge in [-0.2, -0.15) is 0 Å². The average molecular weight is 396 g/mol. The van der Waals surface area contributed by atoms with Crippen LogP contribution in [0.4, 0.5) is 0 Å². The van der Waals surface area contributed by atoms with Gasteiger partial charge in [0.05, 0.1) is 20.3 Å². The molecule has 6 heteroatoms. The Bertz CT molecular complexity index is 829. The summed E-state index contributed by atoms with van der Waals surface area (Å²) in [5.74, 6) is 0.943. The summed E-state index contributed by atoms with van der Waals surface area (Å²) in [6, 6.07) is 14.1. The monoisotopic (exact) mass is 396 g/mol. The summed E-state index contributed by atoms with van der Waals surface area (Å²) in [7, 11) is 3.21. The van der Waals surface area contributed by atoms with Gasteiger partial charge >= 0.3 is 0 Å². The second-order valence-electron chi connectivity index (χ2n) is 6.58. The number of amides is 2. The molecule has 0 saturated heterocycles. The van der Waals surface area contributed by atoms with E-state index in [4.69, 9.17) is 9.47 Å². The number of ether oxygens (including phenoxy) is 2. The van der Waals surface area contributed by atoms with E-state index in [1.54, 1.807) is 27.2 Å². The maximum atomic E-state index is 12.5. The minimum atomic E-state index is -0.657. The molecular formula is C23H28N2O4. The van der Waals surface area contributed by atoms with Crippen molar-refractivity contribution in [1.29, 1.82) is 0 Å². The van der Waals surface area contributed by atoms with E-state index in [9.17, 15) is 9.59 Å². The number of hydrogen-bond donors (Lipinski definition) is 2. The Balaban J connectivity index is 1.90. The molecule has 0 saturated carbocycles. The molecule has 0 heterocycles. The smallest absolute Gasteiger partial charge is 0.244 e. The summed E-state index contributed by atoms with van der Waals surface area (Å²) in [5, 5.41) is 5.67. The molecule has 154 valence electrons. The molecule has 2 N–H and O–H groups in total. The van der Waals surface area contributed by atoms with Crippen LogP contribution in [0, 0.1) is 0 Å². The van der Waals surface area contributed by atoms with Crippen molar-refractivity contribution in [1.82, 2.24) is 10.6 Å². The topological polar surface area (TPSA) is 76.7 Å². The second-order valence-corrected chi connectivity index (χ2v) is 6.58. The number of nitrogens with one attached hydrogen (secondary N) is 2. The highest BCUT2D eigenvalue weighted by molar-refractivity contribution is 5.95. The van der Waals surface area contributed by atoms with Crippen LogP contribution in [-0.2, 0) is 9.59 Å². The van der Waals surface area contributed by atoms with Gasteiger partial charge in [-0.15, -0.1) is 0 Å². The molecule has 0 aromatic heterocycles. The zero-order valence-electron chi connectivity index (χ0n) is 17.3. The van der Waals surface area contributed by atoms with Gasteiger partial charge in [0.25, 0.3) is 0 Å². The first-order chi connectivity index (χ1) is 14.0. The van der Waals surface area contributed by atoms with Crippen LogP contribution in [0.5, 0.6) is 11.5 Å². The third-order valence-electron chi connectivity index (χ3n) is 4.54. The second kappa shape index (κ2) is 10.9. The zero-order chi connectivity index (χ0) is 21.2. The highest BCUT2D eigenvalue weighted by Gasteiger charge is 2.19. The quantitative estimate of drug-likeness (QED) is 0.636. The fraction of sp³-hybridized carbons (Fsp3) is 0.304. The van der Waals surface area contributed by atoms with Gasteiger partial charge in [-0.25, -0.2) is 0 Å². The number of benzene rings is 2. The van der Waals surface area contributed by atoms with Crippen LogP contribution in [0.3, 0.4) is 0 Å². The Kier molecular flexibility index (Phi) is 8.27. The van der Waals surface area contributed by atoms with Crippen LogP contribution in [0.25, 0.3) is 6.08 Å². The summed E-state index contributed by atoms with van der Waals surface area (Å²) in [4.78, 5) is 24.6. The molecule has 0 aliphatic carbocycles. The van der Waals surface area contributed by atoms with Crippen LogP contribution < -0.4 is 20.1 Å². The minimum absolute atomic E-state index is 0.136. The van der Waals surface area contributed by atoms with Gasteiger partial charge < -0.3 is 20.1 Å². The standard InChI is InChI=1S/C23H28N2O4/c1-5-21(18-9-13-20(29-4)14-10-18)25-23(27)16(2)24-22(26)15-8-17-6-11-19(28-3)12-7-17/h6-16,21H,5H2,1-4H3,(H,24,26)(H,25,27)/b15-8+. The van der Waals surface area contributed by atoms with Gasteiger partial charge in [0.1, 0.15) is 17.5 Å². The van der Waals surface area contributed by atoms with Crippen LogP contribution >= 0.6 is 0 Å². The molecule has 2 rings (SSSR count). The van der Waals surface area contributed by atoms with Gasteiger partial charge in [-0.05, 0) is 54.8 Å². The fourth-order valence-corrected chi connectivity index (χ4v) is 2.77. The molecule has 6 nitrogen and oxygen atoms in total. The van der Waals surface area contributed by atoms with Gasteiger partial charge in [-0.3, -0.25) is 9.59 Å². The van der Waals surface area contributed by atoms with E-state index in [1.165, 1.54) is 6.08 Å². The summed E-state index contributed by atoms with van der Waals surface area (Å²) in [5.41, 5.74) is 1.85. The Morgan fingerprint density at radius 3 is 2.00 bits per heavy atom. The van der Waals surface area contributed by atoms with Crippen molar-refractivity contribution < 1.29 is 19.1 Å². The summed E-state index contributed by atoms with van der Waals surface area (Å²) >= 11 is 0. The summed E-state index contributed by atoms with van der Waals surface area (Å²) in [6.45, 7) is 3.66. The first-order valence-corrected chi connectivity index (χ1v) is 9.53. The molecule has 2 aromatic carbocycles. The van der Waals surface area contributed by atoms with E-state index in [-0.39, 0.29) is 17.9 Å². The van der Waals surface area contributed by atoms with Gasteiger partial charge in [-0.1, -0.05) is 31.2 Å². The molecule has 0 aliphatic rings. The summed E-state index contributed by atoms with van der Waals surface area (Å²) in [6.07, 6.45) is 3.83.